The van der Waals surface area contributed by atoms with Crippen molar-refractivity contribution in [2.75, 3.05) is 10.1 Å². The highest BCUT2D eigenvalue weighted by Gasteiger charge is 2.49. The molecule has 3 heterocycles. The molecule has 0 fully saturated rings. The standard InChI is InChI=1S/C55H55BN2O/c1-51(2)23-24-52(3,4)38-27-31(19-20-36(38)51)58-43-29-40-39(53(5,6)25-26-54(40,7)8)28-34(43)48-47-33-16-12-14-18-44(33)59-45(47)30-42-49(48)56(58)41-22-21-37-46(50(41)57-42)32-15-11-13-17-35(32)55(37,9)10/h11-22,27-30,57H,23-26H2,1-10H3. The van der Waals surface area contributed by atoms with E-state index in [0.29, 0.717) is 0 Å². The van der Waals surface area contributed by atoms with Gasteiger partial charge in [-0.3, -0.25) is 0 Å². The number of benzene rings is 6. The largest absolute Gasteiger partial charge is 0.456 e. The van der Waals surface area contributed by atoms with E-state index >= 15 is 0 Å². The van der Waals surface area contributed by atoms with Crippen LogP contribution >= 0.6 is 0 Å². The van der Waals surface area contributed by atoms with Gasteiger partial charge in [-0.25, -0.2) is 0 Å². The fraction of sp³-hybridized carbons (Fsp3) is 0.345. The Morgan fingerprint density at radius 3 is 1.92 bits per heavy atom. The summed E-state index contributed by atoms with van der Waals surface area (Å²) >= 11 is 0. The van der Waals surface area contributed by atoms with Gasteiger partial charge in [0.15, 0.2) is 0 Å². The first-order chi connectivity index (χ1) is 28.0. The number of hydrogen-bond donors (Lipinski definition) is 1. The summed E-state index contributed by atoms with van der Waals surface area (Å²) in [5.41, 5.74) is 23.8. The van der Waals surface area contributed by atoms with Crippen molar-refractivity contribution in [3.63, 3.8) is 0 Å². The lowest BCUT2D eigenvalue weighted by Crippen LogP contribution is -2.60. The first-order valence-electron chi connectivity index (χ1n) is 22.1. The summed E-state index contributed by atoms with van der Waals surface area (Å²) in [4.78, 5) is 2.77. The zero-order valence-corrected chi connectivity index (χ0v) is 36.5. The Morgan fingerprint density at radius 1 is 0.542 bits per heavy atom. The summed E-state index contributed by atoms with van der Waals surface area (Å²) in [5.74, 6) is 0. The molecule has 59 heavy (non-hydrogen) atoms. The summed E-state index contributed by atoms with van der Waals surface area (Å²) in [5, 5.41) is 6.59. The Balaban J connectivity index is 1.25. The normalized spacial score (nSPS) is 20.2. The Hall–Kier alpha value is -5.22. The van der Waals surface area contributed by atoms with E-state index in [-0.39, 0.29) is 33.9 Å². The molecule has 0 amide bonds. The van der Waals surface area contributed by atoms with Crippen LogP contribution in [0.3, 0.4) is 0 Å². The van der Waals surface area contributed by atoms with E-state index in [2.05, 4.69) is 176 Å². The second kappa shape index (κ2) is 11.1. The highest BCUT2D eigenvalue weighted by molar-refractivity contribution is 6.94. The Bertz CT molecular complexity index is 3030. The molecule has 12 rings (SSSR count). The molecule has 0 saturated carbocycles. The van der Waals surface area contributed by atoms with E-state index in [1.807, 2.05) is 0 Å². The summed E-state index contributed by atoms with van der Waals surface area (Å²) < 4.78 is 6.85. The summed E-state index contributed by atoms with van der Waals surface area (Å²) in [6, 6.07) is 37.8. The van der Waals surface area contributed by atoms with E-state index in [1.165, 1.54) is 120 Å². The van der Waals surface area contributed by atoms with Crippen LogP contribution in [-0.4, -0.2) is 6.85 Å². The average Bonchev–Trinajstić information content (AvgIpc) is 3.69. The molecule has 0 saturated heterocycles. The van der Waals surface area contributed by atoms with Crippen LogP contribution in [0, 0.1) is 0 Å². The molecule has 1 aromatic heterocycles. The third kappa shape index (κ3) is 4.56. The second-order valence-electron chi connectivity index (χ2n) is 21.9. The van der Waals surface area contributed by atoms with Gasteiger partial charge in [-0.15, -0.1) is 0 Å². The maximum atomic E-state index is 6.85. The van der Waals surface area contributed by atoms with E-state index in [0.717, 1.165) is 16.9 Å². The first-order valence-corrected chi connectivity index (χ1v) is 22.1. The summed E-state index contributed by atoms with van der Waals surface area (Å²) in [7, 11) is 0. The zero-order valence-electron chi connectivity index (χ0n) is 36.5. The van der Waals surface area contributed by atoms with Crippen LogP contribution < -0.4 is 21.1 Å². The molecule has 0 unspecified atom stereocenters. The smallest absolute Gasteiger partial charge is 0.333 e. The van der Waals surface area contributed by atoms with Crippen molar-refractivity contribution in [1.82, 2.24) is 0 Å². The van der Waals surface area contributed by atoms with Crippen LogP contribution in [0.4, 0.5) is 22.7 Å². The lowest BCUT2D eigenvalue weighted by Gasteiger charge is -2.47. The molecule has 0 bridgehead atoms. The van der Waals surface area contributed by atoms with E-state index in [9.17, 15) is 0 Å². The number of para-hydroxylation sites is 1. The number of nitrogens with one attached hydrogen (secondary N) is 1. The molecule has 5 aliphatic rings. The molecule has 3 aliphatic carbocycles. The maximum Gasteiger partial charge on any atom is 0.333 e. The molecular weight excluding hydrogens is 715 g/mol. The number of fused-ring (bicyclic) bond motifs is 14. The minimum Gasteiger partial charge on any atom is -0.456 e. The number of hydrogen-bond acceptors (Lipinski definition) is 3. The van der Waals surface area contributed by atoms with Gasteiger partial charge < -0.3 is 14.5 Å². The van der Waals surface area contributed by atoms with Crippen LogP contribution in [0.15, 0.2) is 101 Å². The van der Waals surface area contributed by atoms with Crippen molar-refractivity contribution in [3.8, 4) is 22.3 Å². The molecule has 0 atom stereocenters. The van der Waals surface area contributed by atoms with Gasteiger partial charge in [0.25, 0.3) is 0 Å². The lowest BCUT2D eigenvalue weighted by atomic mass is 9.43. The topological polar surface area (TPSA) is 28.4 Å². The van der Waals surface area contributed by atoms with Crippen molar-refractivity contribution in [1.29, 1.82) is 0 Å². The fourth-order valence-corrected chi connectivity index (χ4v) is 12.5. The van der Waals surface area contributed by atoms with Gasteiger partial charge in [-0.2, -0.15) is 0 Å². The zero-order chi connectivity index (χ0) is 40.8. The molecule has 294 valence electrons. The van der Waals surface area contributed by atoms with Gasteiger partial charge in [0.1, 0.15) is 11.2 Å². The molecular formula is C55H55BN2O. The lowest BCUT2D eigenvalue weighted by molar-refractivity contribution is 0.332. The fourth-order valence-electron chi connectivity index (χ4n) is 12.5. The van der Waals surface area contributed by atoms with Crippen molar-refractivity contribution in [2.24, 2.45) is 0 Å². The average molecular weight is 771 g/mol. The predicted molar refractivity (Wildman–Crippen MR) is 251 cm³/mol. The first kappa shape index (κ1) is 35.7. The number of anilines is 4. The number of rotatable bonds is 1. The van der Waals surface area contributed by atoms with Gasteiger partial charge in [0.2, 0.25) is 0 Å². The van der Waals surface area contributed by atoms with Crippen LogP contribution in [0.25, 0.3) is 44.2 Å². The third-order valence-electron chi connectivity index (χ3n) is 16.2. The van der Waals surface area contributed by atoms with Crippen molar-refractivity contribution in [3.05, 3.63) is 130 Å². The maximum absolute atomic E-state index is 6.85. The number of furan rings is 1. The molecule has 3 nitrogen and oxygen atoms in total. The Kier molecular flexibility index (Phi) is 6.73. The Labute approximate surface area is 350 Å². The van der Waals surface area contributed by atoms with Gasteiger partial charge >= 0.3 is 6.85 Å². The molecule has 0 spiro atoms. The van der Waals surface area contributed by atoms with E-state index in [1.54, 1.807) is 0 Å². The monoisotopic (exact) mass is 770 g/mol. The summed E-state index contributed by atoms with van der Waals surface area (Å²) in [6.07, 6.45) is 4.72. The third-order valence-corrected chi connectivity index (χ3v) is 16.2. The van der Waals surface area contributed by atoms with Crippen molar-refractivity contribution >= 4 is 62.5 Å². The minimum atomic E-state index is -0.107. The van der Waals surface area contributed by atoms with Crippen LogP contribution in [0.1, 0.15) is 128 Å². The molecule has 4 heteroatoms. The molecule has 2 aliphatic heterocycles. The van der Waals surface area contributed by atoms with Gasteiger partial charge in [-0.1, -0.05) is 130 Å². The predicted octanol–water partition coefficient (Wildman–Crippen LogP) is 13.6. The van der Waals surface area contributed by atoms with Crippen LogP contribution in [0.5, 0.6) is 0 Å². The van der Waals surface area contributed by atoms with Crippen molar-refractivity contribution < 1.29 is 4.42 Å². The van der Waals surface area contributed by atoms with Gasteiger partial charge in [0.05, 0.1) is 0 Å². The molecule has 7 aromatic rings. The summed E-state index contributed by atoms with van der Waals surface area (Å²) in [6.45, 7) is 24.4. The highest BCUT2D eigenvalue weighted by Crippen LogP contribution is 2.57. The van der Waals surface area contributed by atoms with Crippen molar-refractivity contribution in [2.45, 2.75) is 122 Å². The number of nitrogens with zero attached hydrogens (tertiary/aromatic N) is 1. The van der Waals surface area contributed by atoms with E-state index in [4.69, 9.17) is 4.42 Å². The van der Waals surface area contributed by atoms with Crippen LogP contribution in [-0.2, 0) is 27.1 Å². The van der Waals surface area contributed by atoms with E-state index < -0.39 is 0 Å². The van der Waals surface area contributed by atoms with Gasteiger partial charge in [0, 0.05) is 56.1 Å². The highest BCUT2D eigenvalue weighted by atomic mass is 16.3. The quantitative estimate of drug-likeness (QED) is 0.169. The van der Waals surface area contributed by atoms with Gasteiger partial charge in [-0.05, 0) is 133 Å². The molecule has 0 radical (unpaired) electrons. The second-order valence-corrected chi connectivity index (χ2v) is 21.9. The Morgan fingerprint density at radius 2 is 1.17 bits per heavy atom. The van der Waals surface area contributed by atoms with Crippen LogP contribution in [0.2, 0.25) is 0 Å². The minimum absolute atomic E-state index is 0.0509. The molecule has 1 N–H and O–H groups in total. The SMILES string of the molecule is CC1(C)CCC(C)(C)c2cc(N3B4c5ccc6c(c5Nc5cc7oc8ccccc8c7c(c54)-c4cc5c(cc43)C(C)(C)CCC5(C)C)-c3ccccc3C6(C)C)ccc21. The molecule has 6 aromatic carbocycles.